The standard InChI is InChI=1S/C22H23F2N5O2.C2H6/c1-28-10-2-3-15(12-28)29-21(25)19(22(26)30)20(27-29)13-4-7-16(8-5-13)31-18-9-6-14(23)11-17(18)24;1-2/h4-9,11,15H,2-3,10,12,25H2,1H3,(H2,26,30);1-2H3. The molecule has 1 aliphatic rings. The molecule has 1 atom stereocenters. The highest BCUT2D eigenvalue weighted by atomic mass is 19.1. The van der Waals surface area contributed by atoms with Crippen molar-refractivity contribution in [2.75, 3.05) is 25.9 Å². The monoisotopic (exact) mass is 457 g/mol. The van der Waals surface area contributed by atoms with Crippen LogP contribution in [0.2, 0.25) is 0 Å². The van der Waals surface area contributed by atoms with Gasteiger partial charge in [-0.3, -0.25) is 4.79 Å². The number of piperidine rings is 1. The fraction of sp³-hybridized carbons (Fsp3) is 0.333. The first-order chi connectivity index (χ1) is 15.8. The second-order valence-corrected chi connectivity index (χ2v) is 7.68. The Kier molecular flexibility index (Phi) is 7.65. The second kappa shape index (κ2) is 10.4. The van der Waals surface area contributed by atoms with Gasteiger partial charge in [0, 0.05) is 18.2 Å². The van der Waals surface area contributed by atoms with Gasteiger partial charge in [-0.25, -0.2) is 13.5 Å². The first-order valence-electron chi connectivity index (χ1n) is 10.9. The lowest BCUT2D eigenvalue weighted by atomic mass is 10.1. The molecule has 33 heavy (non-hydrogen) atoms. The lowest BCUT2D eigenvalue weighted by Crippen LogP contribution is -2.34. The molecule has 176 valence electrons. The van der Waals surface area contributed by atoms with E-state index in [0.29, 0.717) is 17.0 Å². The van der Waals surface area contributed by atoms with Crippen LogP contribution < -0.4 is 16.2 Å². The summed E-state index contributed by atoms with van der Waals surface area (Å²) in [5.41, 5.74) is 13.0. The van der Waals surface area contributed by atoms with Crippen LogP contribution in [0.4, 0.5) is 14.6 Å². The summed E-state index contributed by atoms with van der Waals surface area (Å²) in [6, 6.07) is 9.71. The van der Waals surface area contributed by atoms with E-state index in [1.165, 1.54) is 6.07 Å². The number of nitrogen functional groups attached to an aromatic ring is 1. The number of carbonyl (C=O) groups excluding carboxylic acids is 1. The van der Waals surface area contributed by atoms with Crippen molar-refractivity contribution in [2.24, 2.45) is 5.73 Å². The van der Waals surface area contributed by atoms with Crippen LogP contribution in [0, 0.1) is 11.6 Å². The Labute approximate surface area is 191 Å². The van der Waals surface area contributed by atoms with Gasteiger partial charge in [-0.15, -0.1) is 0 Å². The fourth-order valence-corrected chi connectivity index (χ4v) is 3.88. The zero-order chi connectivity index (χ0) is 24.1. The molecule has 1 aliphatic heterocycles. The maximum Gasteiger partial charge on any atom is 0.254 e. The van der Waals surface area contributed by atoms with Crippen LogP contribution in [0.5, 0.6) is 11.5 Å². The third kappa shape index (κ3) is 5.31. The highest BCUT2D eigenvalue weighted by Gasteiger charge is 2.27. The molecule has 2 aromatic carbocycles. The first kappa shape index (κ1) is 24.2. The Morgan fingerprint density at radius 3 is 2.45 bits per heavy atom. The van der Waals surface area contributed by atoms with Crippen molar-refractivity contribution >= 4 is 11.7 Å². The molecule has 4 N–H and O–H groups in total. The van der Waals surface area contributed by atoms with Crippen molar-refractivity contribution in [3.8, 4) is 22.8 Å². The number of nitrogens with two attached hydrogens (primary N) is 2. The third-order valence-corrected chi connectivity index (χ3v) is 5.39. The van der Waals surface area contributed by atoms with E-state index >= 15 is 0 Å². The predicted molar refractivity (Wildman–Crippen MR) is 124 cm³/mol. The van der Waals surface area contributed by atoms with Crippen LogP contribution in [0.3, 0.4) is 0 Å². The molecule has 1 saturated heterocycles. The zero-order valence-electron chi connectivity index (χ0n) is 19.0. The van der Waals surface area contributed by atoms with Crippen LogP contribution in [0.15, 0.2) is 42.5 Å². The van der Waals surface area contributed by atoms with E-state index in [1.54, 1.807) is 28.9 Å². The Balaban J connectivity index is 0.00000149. The van der Waals surface area contributed by atoms with Crippen molar-refractivity contribution in [1.29, 1.82) is 0 Å². The summed E-state index contributed by atoms with van der Waals surface area (Å²) >= 11 is 0. The summed E-state index contributed by atoms with van der Waals surface area (Å²) in [6.07, 6.45) is 1.91. The second-order valence-electron chi connectivity index (χ2n) is 7.68. The van der Waals surface area contributed by atoms with Crippen molar-refractivity contribution in [1.82, 2.24) is 14.7 Å². The molecular weight excluding hydrogens is 428 g/mol. The lowest BCUT2D eigenvalue weighted by Gasteiger charge is -2.30. The Morgan fingerprint density at radius 1 is 1.15 bits per heavy atom. The number of rotatable bonds is 5. The minimum atomic E-state index is -0.802. The minimum Gasteiger partial charge on any atom is -0.454 e. The van der Waals surface area contributed by atoms with Gasteiger partial charge >= 0.3 is 0 Å². The molecule has 1 fully saturated rings. The summed E-state index contributed by atoms with van der Waals surface area (Å²) < 4.78 is 34.1. The number of carbonyl (C=O) groups is 1. The van der Waals surface area contributed by atoms with Gasteiger partial charge in [0.15, 0.2) is 11.6 Å². The van der Waals surface area contributed by atoms with E-state index in [0.717, 1.165) is 38.1 Å². The summed E-state index contributed by atoms with van der Waals surface area (Å²) in [5, 5.41) is 4.62. The number of aromatic nitrogens is 2. The molecule has 0 radical (unpaired) electrons. The van der Waals surface area contributed by atoms with Crippen LogP contribution in [0.25, 0.3) is 11.3 Å². The first-order valence-corrected chi connectivity index (χ1v) is 10.9. The van der Waals surface area contributed by atoms with E-state index in [1.807, 2.05) is 20.9 Å². The van der Waals surface area contributed by atoms with Gasteiger partial charge in [-0.05, 0) is 62.8 Å². The van der Waals surface area contributed by atoms with Crippen LogP contribution in [-0.4, -0.2) is 40.7 Å². The number of hydrogen-bond donors (Lipinski definition) is 2. The minimum absolute atomic E-state index is 0.0506. The summed E-state index contributed by atoms with van der Waals surface area (Å²) in [6.45, 7) is 5.78. The van der Waals surface area contributed by atoms with Gasteiger partial charge in [-0.2, -0.15) is 5.10 Å². The molecule has 1 aromatic heterocycles. The molecule has 9 heteroatoms. The molecule has 2 heterocycles. The maximum atomic E-state index is 13.8. The molecule has 0 aliphatic carbocycles. The molecular formula is C24H29F2N5O2. The summed E-state index contributed by atoms with van der Waals surface area (Å²) in [7, 11) is 2.03. The van der Waals surface area contributed by atoms with E-state index in [-0.39, 0.29) is 23.2 Å². The van der Waals surface area contributed by atoms with Gasteiger partial charge in [-0.1, -0.05) is 13.8 Å². The molecule has 1 amide bonds. The van der Waals surface area contributed by atoms with Gasteiger partial charge in [0.1, 0.15) is 28.6 Å². The number of ether oxygens (including phenoxy) is 1. The topological polar surface area (TPSA) is 99.4 Å². The van der Waals surface area contributed by atoms with E-state index < -0.39 is 17.5 Å². The third-order valence-electron chi connectivity index (χ3n) is 5.39. The zero-order valence-corrected chi connectivity index (χ0v) is 19.0. The Hall–Kier alpha value is -3.46. The van der Waals surface area contributed by atoms with Gasteiger partial charge in [0.2, 0.25) is 0 Å². The van der Waals surface area contributed by atoms with Crippen molar-refractivity contribution in [3.63, 3.8) is 0 Å². The Bertz CT molecular complexity index is 1110. The normalized spacial score (nSPS) is 16.1. The number of likely N-dealkylation sites (N-methyl/N-ethyl adjacent to an activating group) is 1. The number of likely N-dealkylation sites (tertiary alicyclic amines) is 1. The van der Waals surface area contributed by atoms with Crippen molar-refractivity contribution in [3.05, 3.63) is 59.7 Å². The number of benzene rings is 2. The molecule has 3 aromatic rings. The molecule has 1 unspecified atom stereocenters. The van der Waals surface area contributed by atoms with Crippen LogP contribution in [0.1, 0.15) is 43.1 Å². The van der Waals surface area contributed by atoms with Crippen LogP contribution >= 0.6 is 0 Å². The quantitative estimate of drug-likeness (QED) is 0.584. The number of hydrogen-bond acceptors (Lipinski definition) is 5. The lowest BCUT2D eigenvalue weighted by molar-refractivity contribution is 0.100. The van der Waals surface area contributed by atoms with Crippen molar-refractivity contribution in [2.45, 2.75) is 32.7 Å². The van der Waals surface area contributed by atoms with Gasteiger partial charge in [0.25, 0.3) is 5.91 Å². The molecule has 7 nitrogen and oxygen atoms in total. The Morgan fingerprint density at radius 2 is 1.85 bits per heavy atom. The summed E-state index contributed by atoms with van der Waals surface area (Å²) in [5.74, 6) is -1.65. The SMILES string of the molecule is CC.CN1CCCC(n2nc(-c3ccc(Oc4ccc(F)cc4F)cc3)c(C(N)=O)c2N)C1. The molecule has 0 spiro atoms. The highest BCUT2D eigenvalue weighted by Crippen LogP contribution is 2.33. The molecule has 4 rings (SSSR count). The largest absolute Gasteiger partial charge is 0.454 e. The number of primary amides is 1. The van der Waals surface area contributed by atoms with Crippen LogP contribution in [-0.2, 0) is 0 Å². The average molecular weight is 458 g/mol. The smallest absolute Gasteiger partial charge is 0.254 e. The van der Waals surface area contributed by atoms with E-state index in [4.69, 9.17) is 16.2 Å². The number of nitrogens with zero attached hydrogens (tertiary/aromatic N) is 3. The average Bonchev–Trinajstić information content (AvgIpc) is 3.15. The molecule has 0 bridgehead atoms. The van der Waals surface area contributed by atoms with Gasteiger partial charge < -0.3 is 21.1 Å². The highest BCUT2D eigenvalue weighted by molar-refractivity contribution is 6.03. The molecule has 0 saturated carbocycles. The van der Waals surface area contributed by atoms with E-state index in [9.17, 15) is 13.6 Å². The summed E-state index contributed by atoms with van der Waals surface area (Å²) in [4.78, 5) is 14.3. The number of halogens is 2. The predicted octanol–water partition coefficient (Wildman–Crippen LogP) is 4.59. The van der Waals surface area contributed by atoms with Gasteiger partial charge in [0.05, 0.1) is 6.04 Å². The number of anilines is 1. The number of amides is 1. The maximum absolute atomic E-state index is 13.8. The van der Waals surface area contributed by atoms with E-state index in [2.05, 4.69) is 10.00 Å². The van der Waals surface area contributed by atoms with Crippen molar-refractivity contribution < 1.29 is 18.3 Å². The fourth-order valence-electron chi connectivity index (χ4n) is 3.88.